The zero-order valence-corrected chi connectivity index (χ0v) is 11.1. The summed E-state index contributed by atoms with van der Waals surface area (Å²) in [7, 11) is 0. The van der Waals surface area contributed by atoms with Crippen LogP contribution in [0.4, 0.5) is 5.13 Å². The average Bonchev–Trinajstić information content (AvgIpc) is 2.78. The van der Waals surface area contributed by atoms with E-state index in [4.69, 9.17) is 5.11 Å². The summed E-state index contributed by atoms with van der Waals surface area (Å²) in [5, 5.41) is 10.1. The molecule has 0 unspecified atom stereocenters. The van der Waals surface area contributed by atoms with Crippen molar-refractivity contribution in [3.63, 3.8) is 0 Å². The quantitative estimate of drug-likeness (QED) is 0.761. The van der Waals surface area contributed by atoms with Gasteiger partial charge < -0.3 is 10.0 Å². The molecule has 1 heterocycles. The first-order chi connectivity index (χ1) is 7.81. The summed E-state index contributed by atoms with van der Waals surface area (Å²) in [4.78, 5) is 7.67. The second-order valence-corrected chi connectivity index (χ2v) is 5.06. The van der Waals surface area contributed by atoms with Gasteiger partial charge in [0.2, 0.25) is 0 Å². The van der Waals surface area contributed by atoms with E-state index >= 15 is 0 Å². The number of aromatic nitrogens is 1. The second kappa shape index (κ2) is 7.63. The first-order valence-corrected chi connectivity index (χ1v) is 6.94. The Hall–Kier alpha value is -0.610. The number of thiazole rings is 1. The Morgan fingerprint density at radius 3 is 2.31 bits per heavy atom. The minimum atomic E-state index is 0.104. The molecule has 0 aliphatic heterocycles. The van der Waals surface area contributed by atoms with Gasteiger partial charge in [0, 0.05) is 19.3 Å². The minimum absolute atomic E-state index is 0.104. The fourth-order valence-electron chi connectivity index (χ4n) is 1.52. The largest absolute Gasteiger partial charge is 0.391 e. The maximum atomic E-state index is 9.04. The van der Waals surface area contributed by atoms with E-state index in [1.807, 2.05) is 0 Å². The molecule has 1 rings (SSSR count). The lowest BCUT2D eigenvalue weighted by atomic mass is 10.3. The van der Waals surface area contributed by atoms with Crippen LogP contribution in [-0.4, -0.2) is 23.2 Å². The van der Waals surface area contributed by atoms with Crippen LogP contribution >= 0.6 is 11.3 Å². The Morgan fingerprint density at radius 2 is 1.88 bits per heavy atom. The molecule has 0 atom stereocenters. The summed E-state index contributed by atoms with van der Waals surface area (Å²) in [6, 6.07) is 0. The zero-order chi connectivity index (χ0) is 11.8. The van der Waals surface area contributed by atoms with Crippen molar-refractivity contribution in [2.75, 3.05) is 18.0 Å². The van der Waals surface area contributed by atoms with Gasteiger partial charge in [-0.1, -0.05) is 38.0 Å². The second-order valence-electron chi connectivity index (χ2n) is 3.96. The van der Waals surface area contributed by atoms with E-state index in [0.29, 0.717) is 0 Å². The van der Waals surface area contributed by atoms with Crippen LogP contribution in [0.2, 0.25) is 0 Å². The Kier molecular flexibility index (Phi) is 6.42. The van der Waals surface area contributed by atoms with Crippen LogP contribution < -0.4 is 4.90 Å². The fourth-order valence-corrected chi connectivity index (χ4v) is 2.34. The van der Waals surface area contributed by atoms with Gasteiger partial charge in [-0.15, -0.1) is 0 Å². The third kappa shape index (κ3) is 4.10. The molecule has 4 heteroatoms. The summed E-state index contributed by atoms with van der Waals surface area (Å²) in [6.45, 7) is 6.68. The lowest BCUT2D eigenvalue weighted by molar-refractivity contribution is 0.285. The zero-order valence-electron chi connectivity index (χ0n) is 10.3. The van der Waals surface area contributed by atoms with E-state index in [2.05, 4.69) is 23.7 Å². The first-order valence-electron chi connectivity index (χ1n) is 6.12. The van der Waals surface area contributed by atoms with Crippen molar-refractivity contribution in [2.45, 2.75) is 46.1 Å². The van der Waals surface area contributed by atoms with E-state index in [1.54, 1.807) is 17.5 Å². The Labute approximate surface area is 102 Å². The molecule has 3 nitrogen and oxygen atoms in total. The molecule has 0 aliphatic carbocycles. The highest BCUT2D eigenvalue weighted by Crippen LogP contribution is 2.23. The maximum absolute atomic E-state index is 9.04. The van der Waals surface area contributed by atoms with E-state index < -0.39 is 0 Å². The lowest BCUT2D eigenvalue weighted by Gasteiger charge is -2.21. The van der Waals surface area contributed by atoms with Crippen LogP contribution in [0.15, 0.2) is 6.20 Å². The van der Waals surface area contributed by atoms with Crippen LogP contribution in [0, 0.1) is 0 Å². The molecule has 0 fully saturated rings. The molecule has 0 saturated heterocycles. The topological polar surface area (TPSA) is 36.4 Å². The molecule has 0 aromatic carbocycles. The number of aliphatic hydroxyl groups is 1. The molecule has 0 bridgehead atoms. The highest BCUT2D eigenvalue weighted by molar-refractivity contribution is 7.15. The van der Waals surface area contributed by atoms with Crippen LogP contribution in [0.1, 0.15) is 44.4 Å². The maximum Gasteiger partial charge on any atom is 0.185 e. The summed E-state index contributed by atoms with van der Waals surface area (Å²) in [5.41, 5.74) is 0. The number of hydrogen-bond donors (Lipinski definition) is 1. The summed E-state index contributed by atoms with van der Waals surface area (Å²) >= 11 is 1.61. The number of hydrogen-bond acceptors (Lipinski definition) is 4. The van der Waals surface area contributed by atoms with E-state index in [1.165, 1.54) is 25.7 Å². The number of aliphatic hydroxyl groups excluding tert-OH is 1. The van der Waals surface area contributed by atoms with Crippen molar-refractivity contribution in [1.29, 1.82) is 0 Å². The highest BCUT2D eigenvalue weighted by Gasteiger charge is 2.09. The van der Waals surface area contributed by atoms with E-state index in [0.717, 1.165) is 23.1 Å². The lowest BCUT2D eigenvalue weighted by Crippen LogP contribution is -2.25. The molecule has 0 spiro atoms. The number of nitrogens with zero attached hydrogens (tertiary/aromatic N) is 2. The summed E-state index contributed by atoms with van der Waals surface area (Å²) in [6.07, 6.45) is 6.61. The molecule has 1 aromatic heterocycles. The van der Waals surface area contributed by atoms with Crippen LogP contribution in [-0.2, 0) is 6.61 Å². The predicted molar refractivity (Wildman–Crippen MR) is 70.1 cm³/mol. The van der Waals surface area contributed by atoms with Gasteiger partial charge in [0.15, 0.2) is 5.13 Å². The first kappa shape index (κ1) is 13.5. The van der Waals surface area contributed by atoms with Gasteiger partial charge in [0.1, 0.15) is 0 Å². The van der Waals surface area contributed by atoms with Gasteiger partial charge >= 0.3 is 0 Å². The molecule has 1 aromatic rings. The van der Waals surface area contributed by atoms with Crippen molar-refractivity contribution < 1.29 is 5.11 Å². The van der Waals surface area contributed by atoms with Gasteiger partial charge in [-0.25, -0.2) is 4.98 Å². The van der Waals surface area contributed by atoms with E-state index in [9.17, 15) is 0 Å². The monoisotopic (exact) mass is 242 g/mol. The molecule has 1 N–H and O–H groups in total. The van der Waals surface area contributed by atoms with Crippen molar-refractivity contribution in [3.05, 3.63) is 11.1 Å². The van der Waals surface area contributed by atoms with Gasteiger partial charge in [0.05, 0.1) is 11.5 Å². The third-order valence-electron chi connectivity index (χ3n) is 2.53. The molecule has 0 amide bonds. The Morgan fingerprint density at radius 1 is 1.25 bits per heavy atom. The SMILES string of the molecule is CCCCN(CCCC)c1ncc(CO)s1. The third-order valence-corrected chi connectivity index (χ3v) is 3.57. The van der Waals surface area contributed by atoms with Crippen molar-refractivity contribution in [1.82, 2.24) is 4.98 Å². The molecule has 92 valence electrons. The number of unbranched alkanes of at least 4 members (excludes halogenated alkanes) is 2. The summed E-state index contributed by atoms with van der Waals surface area (Å²) < 4.78 is 0. The van der Waals surface area contributed by atoms with Crippen LogP contribution in [0.3, 0.4) is 0 Å². The number of anilines is 1. The van der Waals surface area contributed by atoms with Crippen molar-refractivity contribution in [3.8, 4) is 0 Å². The molecule has 0 radical (unpaired) electrons. The smallest absolute Gasteiger partial charge is 0.185 e. The average molecular weight is 242 g/mol. The fraction of sp³-hybridized carbons (Fsp3) is 0.750. The summed E-state index contributed by atoms with van der Waals surface area (Å²) in [5.74, 6) is 0. The molecular weight excluding hydrogens is 220 g/mol. The van der Waals surface area contributed by atoms with Crippen LogP contribution in [0.5, 0.6) is 0 Å². The highest BCUT2D eigenvalue weighted by atomic mass is 32.1. The Balaban J connectivity index is 2.58. The normalized spacial score (nSPS) is 10.7. The van der Waals surface area contributed by atoms with Gasteiger partial charge in [-0.2, -0.15) is 0 Å². The van der Waals surface area contributed by atoms with E-state index in [-0.39, 0.29) is 6.61 Å². The molecule has 0 saturated carbocycles. The van der Waals surface area contributed by atoms with Gasteiger partial charge in [-0.05, 0) is 12.8 Å². The van der Waals surface area contributed by atoms with Gasteiger partial charge in [0.25, 0.3) is 0 Å². The van der Waals surface area contributed by atoms with Crippen molar-refractivity contribution >= 4 is 16.5 Å². The molecule has 0 aliphatic rings. The molecular formula is C12H22N2OS. The van der Waals surface area contributed by atoms with Crippen LogP contribution in [0.25, 0.3) is 0 Å². The standard InChI is InChI=1S/C12H22N2OS/c1-3-5-7-14(8-6-4-2)12-13-9-11(10-15)16-12/h9,15H,3-8,10H2,1-2H3. The Bertz CT molecular complexity index is 280. The van der Waals surface area contributed by atoms with Crippen molar-refractivity contribution in [2.24, 2.45) is 0 Å². The van der Waals surface area contributed by atoms with Gasteiger partial charge in [-0.3, -0.25) is 0 Å². The number of rotatable bonds is 8. The minimum Gasteiger partial charge on any atom is -0.391 e. The predicted octanol–water partition coefficient (Wildman–Crippen LogP) is 3.04. The molecule has 16 heavy (non-hydrogen) atoms.